The van der Waals surface area contributed by atoms with Crippen molar-refractivity contribution in [2.45, 2.75) is 32.2 Å². The molecule has 1 atom stereocenters. The number of halogens is 1. The van der Waals surface area contributed by atoms with Crippen molar-refractivity contribution >= 4 is 5.69 Å². The monoisotopic (exact) mass is 194 g/mol. The topological polar surface area (TPSA) is 16.1 Å². The van der Waals surface area contributed by atoms with Gasteiger partial charge in [0.05, 0.1) is 0 Å². The maximum Gasteiger partial charge on any atom is 0.214 e. The van der Waals surface area contributed by atoms with Crippen molar-refractivity contribution < 1.29 is 4.39 Å². The summed E-state index contributed by atoms with van der Waals surface area (Å²) in [6, 6.07) is 3.91. The van der Waals surface area contributed by atoms with E-state index in [0.29, 0.717) is 6.04 Å². The number of rotatable bonds is 1. The fraction of sp³-hybridized carbons (Fsp3) is 0.545. The lowest BCUT2D eigenvalue weighted by Crippen LogP contribution is -2.37. The van der Waals surface area contributed by atoms with Gasteiger partial charge in [0.2, 0.25) is 5.95 Å². The third-order valence-electron chi connectivity index (χ3n) is 2.84. The van der Waals surface area contributed by atoms with Crippen molar-refractivity contribution in [1.29, 1.82) is 0 Å². The fourth-order valence-electron chi connectivity index (χ4n) is 2.05. The smallest absolute Gasteiger partial charge is 0.214 e. The Balaban J connectivity index is 2.20. The fourth-order valence-corrected chi connectivity index (χ4v) is 2.05. The van der Waals surface area contributed by atoms with Crippen LogP contribution in [0.3, 0.4) is 0 Å². The zero-order valence-electron chi connectivity index (χ0n) is 8.41. The van der Waals surface area contributed by atoms with Crippen molar-refractivity contribution in [3.63, 3.8) is 0 Å². The first-order valence-corrected chi connectivity index (χ1v) is 5.15. The van der Waals surface area contributed by atoms with Gasteiger partial charge in [0.1, 0.15) is 0 Å². The Morgan fingerprint density at radius 1 is 1.50 bits per heavy atom. The van der Waals surface area contributed by atoms with Crippen LogP contribution in [0.25, 0.3) is 0 Å². The molecule has 0 saturated carbocycles. The van der Waals surface area contributed by atoms with Gasteiger partial charge in [-0.1, -0.05) is 0 Å². The highest BCUT2D eigenvalue weighted by Gasteiger charge is 2.18. The number of piperidine rings is 1. The molecule has 1 aromatic rings. The number of aromatic nitrogens is 1. The summed E-state index contributed by atoms with van der Waals surface area (Å²) in [4.78, 5) is 5.82. The summed E-state index contributed by atoms with van der Waals surface area (Å²) in [7, 11) is 0. The summed E-state index contributed by atoms with van der Waals surface area (Å²) in [6.07, 6.45) is 5.22. The maximum atomic E-state index is 12.9. The van der Waals surface area contributed by atoms with E-state index >= 15 is 0 Å². The molecule has 0 radical (unpaired) electrons. The maximum absolute atomic E-state index is 12.9. The predicted octanol–water partition coefficient (Wildman–Crippen LogP) is 2.60. The molecule has 14 heavy (non-hydrogen) atoms. The second kappa shape index (κ2) is 3.95. The summed E-state index contributed by atoms with van der Waals surface area (Å²) < 4.78 is 12.9. The molecule has 1 aliphatic heterocycles. The minimum atomic E-state index is -0.389. The minimum absolute atomic E-state index is 0.389. The second-order valence-electron chi connectivity index (χ2n) is 3.87. The third-order valence-corrected chi connectivity index (χ3v) is 2.84. The number of pyridine rings is 1. The molecule has 0 N–H and O–H groups in total. The third kappa shape index (κ3) is 1.86. The molecule has 2 heterocycles. The summed E-state index contributed by atoms with van der Waals surface area (Å²) in [5, 5.41) is 0. The molecule has 0 aromatic carbocycles. The van der Waals surface area contributed by atoms with Gasteiger partial charge in [-0.2, -0.15) is 4.39 Å². The first-order valence-electron chi connectivity index (χ1n) is 5.15. The van der Waals surface area contributed by atoms with Crippen molar-refractivity contribution in [2.24, 2.45) is 0 Å². The zero-order chi connectivity index (χ0) is 9.97. The highest BCUT2D eigenvalue weighted by molar-refractivity contribution is 5.46. The van der Waals surface area contributed by atoms with Crippen LogP contribution in [0.2, 0.25) is 0 Å². The van der Waals surface area contributed by atoms with Gasteiger partial charge >= 0.3 is 0 Å². The standard InChI is InChI=1S/C11H15FN2/c1-9-4-2-3-7-14(9)10-5-6-13-11(12)8-10/h5-6,8-9H,2-4,7H2,1H3/t9-/m0/s1. The molecule has 1 aromatic heterocycles. The SMILES string of the molecule is C[C@H]1CCCCN1c1ccnc(F)c1. The molecule has 0 unspecified atom stereocenters. The predicted molar refractivity (Wildman–Crippen MR) is 54.9 cm³/mol. The van der Waals surface area contributed by atoms with Crippen LogP contribution in [0.4, 0.5) is 10.1 Å². The molecule has 3 heteroatoms. The van der Waals surface area contributed by atoms with Gasteiger partial charge in [-0.05, 0) is 32.3 Å². The molecule has 1 saturated heterocycles. The quantitative estimate of drug-likeness (QED) is 0.639. The van der Waals surface area contributed by atoms with E-state index in [1.807, 2.05) is 6.07 Å². The van der Waals surface area contributed by atoms with Crippen LogP contribution in [0.15, 0.2) is 18.3 Å². The highest BCUT2D eigenvalue weighted by Crippen LogP contribution is 2.24. The Hall–Kier alpha value is -1.12. The van der Waals surface area contributed by atoms with Crippen molar-refractivity contribution in [1.82, 2.24) is 4.98 Å². The van der Waals surface area contributed by atoms with Gasteiger partial charge in [0.15, 0.2) is 0 Å². The lowest BCUT2D eigenvalue weighted by atomic mass is 10.0. The summed E-state index contributed by atoms with van der Waals surface area (Å²) >= 11 is 0. The normalized spacial score (nSPS) is 22.4. The van der Waals surface area contributed by atoms with Gasteiger partial charge in [-0.15, -0.1) is 0 Å². The second-order valence-corrected chi connectivity index (χ2v) is 3.87. The van der Waals surface area contributed by atoms with E-state index in [2.05, 4.69) is 16.8 Å². The van der Waals surface area contributed by atoms with E-state index in [9.17, 15) is 4.39 Å². The molecule has 2 nitrogen and oxygen atoms in total. The van der Waals surface area contributed by atoms with Crippen LogP contribution < -0.4 is 4.90 Å². The molecule has 2 rings (SSSR count). The van der Waals surface area contributed by atoms with Gasteiger partial charge in [0.25, 0.3) is 0 Å². The molecule has 76 valence electrons. The van der Waals surface area contributed by atoms with E-state index in [1.54, 1.807) is 0 Å². The zero-order valence-corrected chi connectivity index (χ0v) is 8.41. The summed E-state index contributed by atoms with van der Waals surface area (Å²) in [6.45, 7) is 3.22. The number of hydrogen-bond acceptors (Lipinski definition) is 2. The van der Waals surface area contributed by atoms with Crippen LogP contribution in [0.1, 0.15) is 26.2 Å². The molecule has 1 aliphatic rings. The largest absolute Gasteiger partial charge is 0.369 e. The highest BCUT2D eigenvalue weighted by atomic mass is 19.1. The Morgan fingerprint density at radius 3 is 3.07 bits per heavy atom. The van der Waals surface area contributed by atoms with Gasteiger partial charge in [-0.3, -0.25) is 0 Å². The van der Waals surface area contributed by atoms with Gasteiger partial charge < -0.3 is 4.90 Å². The molecule has 0 spiro atoms. The van der Waals surface area contributed by atoms with Crippen LogP contribution in [-0.4, -0.2) is 17.6 Å². The van der Waals surface area contributed by atoms with E-state index in [1.165, 1.54) is 31.5 Å². The molecular weight excluding hydrogens is 179 g/mol. The van der Waals surface area contributed by atoms with E-state index in [-0.39, 0.29) is 5.95 Å². The average molecular weight is 194 g/mol. The molecular formula is C11H15FN2. The molecule has 0 bridgehead atoms. The van der Waals surface area contributed by atoms with Gasteiger partial charge in [-0.25, -0.2) is 4.98 Å². The van der Waals surface area contributed by atoms with E-state index in [4.69, 9.17) is 0 Å². The van der Waals surface area contributed by atoms with E-state index in [0.717, 1.165) is 12.2 Å². The molecule has 0 aliphatic carbocycles. The van der Waals surface area contributed by atoms with Crippen molar-refractivity contribution in [3.8, 4) is 0 Å². The summed E-state index contributed by atoms with van der Waals surface area (Å²) in [5.74, 6) is -0.389. The van der Waals surface area contributed by atoms with Crippen LogP contribution in [-0.2, 0) is 0 Å². The number of anilines is 1. The van der Waals surface area contributed by atoms with Crippen molar-refractivity contribution in [3.05, 3.63) is 24.3 Å². The van der Waals surface area contributed by atoms with Crippen LogP contribution in [0, 0.1) is 5.95 Å². The Morgan fingerprint density at radius 2 is 2.36 bits per heavy atom. The summed E-state index contributed by atoms with van der Waals surface area (Å²) in [5.41, 5.74) is 0.963. The van der Waals surface area contributed by atoms with Crippen LogP contribution >= 0.6 is 0 Å². The Kier molecular flexibility index (Phi) is 2.66. The van der Waals surface area contributed by atoms with E-state index < -0.39 is 0 Å². The van der Waals surface area contributed by atoms with Gasteiger partial charge in [0, 0.05) is 30.5 Å². The average Bonchev–Trinajstić information content (AvgIpc) is 2.18. The first-order chi connectivity index (χ1) is 6.77. The lowest BCUT2D eigenvalue weighted by molar-refractivity contribution is 0.483. The minimum Gasteiger partial charge on any atom is -0.369 e. The number of nitrogens with zero attached hydrogens (tertiary/aromatic N) is 2. The first kappa shape index (κ1) is 9.44. The lowest BCUT2D eigenvalue weighted by Gasteiger charge is -2.35. The van der Waals surface area contributed by atoms with Crippen molar-refractivity contribution in [2.75, 3.05) is 11.4 Å². The van der Waals surface area contributed by atoms with Crippen LogP contribution in [0.5, 0.6) is 0 Å². The molecule has 0 amide bonds. The molecule has 1 fully saturated rings. The Bertz CT molecular complexity index is 314. The number of hydrogen-bond donors (Lipinski definition) is 0. The Labute approximate surface area is 83.8 Å².